The fourth-order valence-corrected chi connectivity index (χ4v) is 1.84. The molecular formula is C14H16N4O4. The number of carbonyl (C=O) groups excluding carboxylic acids is 1. The topological polar surface area (TPSA) is 118 Å². The molecule has 8 nitrogen and oxygen atoms in total. The highest BCUT2D eigenvalue weighted by Crippen LogP contribution is 2.12. The van der Waals surface area contributed by atoms with Crippen LogP contribution in [0.15, 0.2) is 28.9 Å². The van der Waals surface area contributed by atoms with Crippen molar-refractivity contribution in [1.29, 1.82) is 0 Å². The van der Waals surface area contributed by atoms with Crippen LogP contribution in [0, 0.1) is 0 Å². The summed E-state index contributed by atoms with van der Waals surface area (Å²) < 4.78 is 5.06. The maximum atomic E-state index is 11.7. The van der Waals surface area contributed by atoms with Gasteiger partial charge in [-0.05, 0) is 19.1 Å². The molecule has 2 rings (SSSR count). The highest BCUT2D eigenvalue weighted by molar-refractivity contribution is 5.77. The van der Waals surface area contributed by atoms with Crippen LogP contribution in [0.3, 0.4) is 0 Å². The highest BCUT2D eigenvalue weighted by atomic mass is 16.5. The van der Waals surface area contributed by atoms with Gasteiger partial charge in [-0.2, -0.15) is 4.98 Å². The molecule has 0 aromatic carbocycles. The minimum Gasteiger partial charge on any atom is -0.481 e. The third-order valence-electron chi connectivity index (χ3n) is 2.82. The molecule has 0 aliphatic rings. The van der Waals surface area contributed by atoms with Crippen molar-refractivity contribution in [3.05, 3.63) is 30.3 Å². The third kappa shape index (κ3) is 4.65. The van der Waals surface area contributed by atoms with E-state index in [1.807, 2.05) is 6.07 Å². The number of amides is 1. The number of carbonyl (C=O) groups is 2. The Kier molecular flexibility index (Phi) is 5.18. The SMILES string of the molecule is CC(CC(=O)O)NC(=O)CCc1nc(-c2ccccn2)no1. The average molecular weight is 304 g/mol. The smallest absolute Gasteiger partial charge is 0.305 e. The van der Waals surface area contributed by atoms with Crippen molar-refractivity contribution < 1.29 is 19.2 Å². The van der Waals surface area contributed by atoms with Gasteiger partial charge in [0.15, 0.2) is 0 Å². The van der Waals surface area contributed by atoms with Gasteiger partial charge in [0.1, 0.15) is 5.69 Å². The Morgan fingerprint density at radius 3 is 2.91 bits per heavy atom. The minimum atomic E-state index is -0.954. The van der Waals surface area contributed by atoms with Crippen molar-refractivity contribution >= 4 is 11.9 Å². The first-order valence-corrected chi connectivity index (χ1v) is 6.79. The van der Waals surface area contributed by atoms with E-state index in [-0.39, 0.29) is 25.2 Å². The van der Waals surface area contributed by atoms with Gasteiger partial charge in [-0.15, -0.1) is 0 Å². The van der Waals surface area contributed by atoms with Crippen LogP contribution in [0.1, 0.15) is 25.7 Å². The zero-order valence-corrected chi connectivity index (χ0v) is 12.0. The van der Waals surface area contributed by atoms with Crippen molar-refractivity contribution in [1.82, 2.24) is 20.4 Å². The van der Waals surface area contributed by atoms with Crippen LogP contribution < -0.4 is 5.32 Å². The Hall–Kier alpha value is -2.77. The lowest BCUT2D eigenvalue weighted by molar-refractivity contribution is -0.137. The number of hydrogen-bond donors (Lipinski definition) is 2. The lowest BCUT2D eigenvalue weighted by Crippen LogP contribution is -2.34. The molecule has 0 aliphatic carbocycles. The van der Waals surface area contributed by atoms with Crippen LogP contribution in [-0.2, 0) is 16.0 Å². The molecule has 22 heavy (non-hydrogen) atoms. The lowest BCUT2D eigenvalue weighted by atomic mass is 10.2. The molecule has 2 aromatic heterocycles. The van der Waals surface area contributed by atoms with E-state index >= 15 is 0 Å². The second kappa shape index (κ2) is 7.30. The molecule has 0 spiro atoms. The lowest BCUT2D eigenvalue weighted by Gasteiger charge is -2.10. The van der Waals surface area contributed by atoms with Crippen molar-refractivity contribution in [3.8, 4) is 11.5 Å². The zero-order chi connectivity index (χ0) is 15.9. The van der Waals surface area contributed by atoms with E-state index in [4.69, 9.17) is 9.63 Å². The molecule has 0 saturated carbocycles. The summed E-state index contributed by atoms with van der Waals surface area (Å²) in [7, 11) is 0. The molecule has 0 saturated heterocycles. The van der Waals surface area contributed by atoms with Gasteiger partial charge in [-0.1, -0.05) is 11.2 Å². The Morgan fingerprint density at radius 2 is 2.23 bits per heavy atom. The summed E-state index contributed by atoms with van der Waals surface area (Å²) in [6.45, 7) is 1.64. The fraction of sp³-hybridized carbons (Fsp3) is 0.357. The van der Waals surface area contributed by atoms with Crippen molar-refractivity contribution in [3.63, 3.8) is 0 Å². The normalized spacial score (nSPS) is 11.9. The van der Waals surface area contributed by atoms with Crippen LogP contribution >= 0.6 is 0 Å². The Bertz CT molecular complexity index is 641. The molecule has 8 heteroatoms. The number of rotatable bonds is 7. The summed E-state index contributed by atoms with van der Waals surface area (Å²) in [6, 6.07) is 4.94. The summed E-state index contributed by atoms with van der Waals surface area (Å²) in [4.78, 5) is 30.5. The average Bonchev–Trinajstić information content (AvgIpc) is 2.94. The van der Waals surface area contributed by atoms with E-state index in [0.717, 1.165) is 0 Å². The minimum absolute atomic E-state index is 0.115. The van der Waals surface area contributed by atoms with E-state index in [1.165, 1.54) is 0 Å². The number of carboxylic acid groups (broad SMARTS) is 1. The maximum Gasteiger partial charge on any atom is 0.305 e. The largest absolute Gasteiger partial charge is 0.481 e. The van der Waals surface area contributed by atoms with Gasteiger partial charge < -0.3 is 14.9 Å². The Morgan fingerprint density at radius 1 is 1.41 bits per heavy atom. The van der Waals surface area contributed by atoms with Crippen molar-refractivity contribution in [2.45, 2.75) is 32.2 Å². The van der Waals surface area contributed by atoms with Crippen LogP contribution in [0.25, 0.3) is 11.5 Å². The molecule has 2 heterocycles. The first kappa shape index (κ1) is 15.6. The van der Waals surface area contributed by atoms with Crippen molar-refractivity contribution in [2.75, 3.05) is 0 Å². The van der Waals surface area contributed by atoms with Crippen LogP contribution in [0.4, 0.5) is 0 Å². The van der Waals surface area contributed by atoms with Gasteiger partial charge in [-0.3, -0.25) is 14.6 Å². The maximum absolute atomic E-state index is 11.7. The van der Waals surface area contributed by atoms with E-state index in [9.17, 15) is 9.59 Å². The van der Waals surface area contributed by atoms with Gasteiger partial charge >= 0.3 is 5.97 Å². The number of hydrogen-bond acceptors (Lipinski definition) is 6. The molecule has 0 radical (unpaired) electrons. The Labute approximate surface area is 126 Å². The second-order valence-corrected chi connectivity index (χ2v) is 4.79. The molecule has 116 valence electrons. The number of aromatic nitrogens is 3. The summed E-state index contributed by atoms with van der Waals surface area (Å²) in [5.74, 6) is -0.506. The van der Waals surface area contributed by atoms with Gasteiger partial charge in [0.2, 0.25) is 17.6 Å². The second-order valence-electron chi connectivity index (χ2n) is 4.79. The molecule has 0 bridgehead atoms. The van der Waals surface area contributed by atoms with Crippen LogP contribution in [0.2, 0.25) is 0 Å². The summed E-state index contributed by atoms with van der Waals surface area (Å²) in [5, 5.41) is 15.0. The molecule has 1 atom stereocenters. The summed E-state index contributed by atoms with van der Waals surface area (Å²) in [5.41, 5.74) is 0.594. The summed E-state index contributed by atoms with van der Waals surface area (Å²) in [6.07, 6.45) is 1.94. The number of pyridine rings is 1. The number of carboxylic acids is 1. The zero-order valence-electron chi connectivity index (χ0n) is 12.0. The molecule has 2 N–H and O–H groups in total. The van der Waals surface area contributed by atoms with Crippen LogP contribution in [-0.4, -0.2) is 38.1 Å². The van der Waals surface area contributed by atoms with Gasteiger partial charge in [0, 0.05) is 25.1 Å². The molecule has 1 amide bonds. The number of aryl methyl sites for hydroxylation is 1. The monoisotopic (exact) mass is 304 g/mol. The van der Waals surface area contributed by atoms with Gasteiger partial charge in [0.25, 0.3) is 0 Å². The highest BCUT2D eigenvalue weighted by Gasteiger charge is 2.14. The van der Waals surface area contributed by atoms with Crippen LogP contribution in [0.5, 0.6) is 0 Å². The molecule has 2 aromatic rings. The van der Waals surface area contributed by atoms with Gasteiger partial charge in [0.05, 0.1) is 6.42 Å². The third-order valence-corrected chi connectivity index (χ3v) is 2.82. The molecule has 0 fully saturated rings. The van der Waals surface area contributed by atoms with Crippen molar-refractivity contribution in [2.24, 2.45) is 0 Å². The van der Waals surface area contributed by atoms with Gasteiger partial charge in [-0.25, -0.2) is 0 Å². The number of nitrogens with zero attached hydrogens (tertiary/aromatic N) is 3. The predicted octanol–water partition coefficient (Wildman–Crippen LogP) is 1.04. The molecule has 0 aliphatic heterocycles. The quantitative estimate of drug-likeness (QED) is 0.784. The Balaban J connectivity index is 1.84. The number of nitrogens with one attached hydrogen (secondary N) is 1. The van der Waals surface area contributed by atoms with E-state index in [2.05, 4.69) is 20.4 Å². The van der Waals surface area contributed by atoms with E-state index in [1.54, 1.807) is 25.3 Å². The first-order valence-electron chi connectivity index (χ1n) is 6.79. The van der Waals surface area contributed by atoms with E-state index < -0.39 is 12.0 Å². The molecular weight excluding hydrogens is 288 g/mol. The first-order chi connectivity index (χ1) is 10.5. The predicted molar refractivity (Wildman–Crippen MR) is 75.7 cm³/mol. The standard InChI is InChI=1S/C14H16N4O4/c1-9(8-13(20)21)16-11(19)5-6-12-17-14(18-22-12)10-4-2-3-7-15-10/h2-4,7,9H,5-6,8H2,1H3,(H,16,19)(H,20,21). The fourth-order valence-electron chi connectivity index (χ4n) is 1.84. The molecule has 1 unspecified atom stereocenters. The number of aliphatic carboxylic acids is 1. The van der Waals surface area contributed by atoms with E-state index in [0.29, 0.717) is 17.4 Å². The summed E-state index contributed by atoms with van der Waals surface area (Å²) >= 11 is 0.